The lowest BCUT2D eigenvalue weighted by Gasteiger charge is -2.26. The molecule has 0 spiro atoms. The third-order valence-electron chi connectivity index (χ3n) is 1.66. The maximum atomic E-state index is 12.4. The summed E-state index contributed by atoms with van der Waals surface area (Å²) in [5, 5.41) is 4.17. The van der Waals surface area contributed by atoms with Gasteiger partial charge >= 0.3 is 0 Å². The smallest absolute Gasteiger partial charge is 0.110 e. The first-order chi connectivity index (χ1) is 4.79. The summed E-state index contributed by atoms with van der Waals surface area (Å²) in [4.78, 5) is 2.12. The average Bonchev–Trinajstić information content (AvgIpc) is 1.88. The molecule has 1 aliphatic rings. The normalized spacial score (nSPS) is 24.6. The molecule has 0 aliphatic carbocycles. The Labute approximate surface area is 61.4 Å². The van der Waals surface area contributed by atoms with Crippen LogP contribution in [-0.4, -0.2) is 43.8 Å². The molecule has 10 heavy (non-hydrogen) atoms. The summed E-state index contributed by atoms with van der Waals surface area (Å²) in [6, 6.07) is 0. The quantitative estimate of drug-likeness (QED) is 0.545. The molecule has 1 atom stereocenters. The van der Waals surface area contributed by atoms with E-state index in [4.69, 9.17) is 0 Å². The van der Waals surface area contributed by atoms with Crippen LogP contribution in [0.3, 0.4) is 0 Å². The predicted molar refractivity (Wildman–Crippen MR) is 38.9 cm³/mol. The molecule has 2 nitrogen and oxygen atoms in total. The van der Waals surface area contributed by atoms with E-state index in [9.17, 15) is 4.39 Å². The van der Waals surface area contributed by atoms with Crippen LogP contribution in [0.15, 0.2) is 0 Å². The largest absolute Gasteiger partial charge is 0.298 e. The van der Waals surface area contributed by atoms with Crippen LogP contribution in [0.25, 0.3) is 0 Å². The Balaban J connectivity index is 2.13. The SMILES string of the molecule is CC(F)CN1CC[N]CC1. The Morgan fingerprint density at radius 2 is 2.10 bits per heavy atom. The average molecular weight is 145 g/mol. The van der Waals surface area contributed by atoms with Crippen molar-refractivity contribution in [1.29, 1.82) is 0 Å². The van der Waals surface area contributed by atoms with Gasteiger partial charge in [-0.25, -0.2) is 9.71 Å². The van der Waals surface area contributed by atoms with Gasteiger partial charge in [0.1, 0.15) is 6.17 Å². The molecule has 0 aromatic heterocycles. The minimum absolute atomic E-state index is 0.579. The van der Waals surface area contributed by atoms with Gasteiger partial charge in [0.25, 0.3) is 0 Å². The number of alkyl halides is 1. The van der Waals surface area contributed by atoms with Crippen LogP contribution in [-0.2, 0) is 0 Å². The summed E-state index contributed by atoms with van der Waals surface area (Å²) in [5.41, 5.74) is 0. The van der Waals surface area contributed by atoms with E-state index in [1.165, 1.54) is 0 Å². The van der Waals surface area contributed by atoms with Crippen LogP contribution >= 0.6 is 0 Å². The zero-order chi connectivity index (χ0) is 7.40. The fourth-order valence-electron chi connectivity index (χ4n) is 1.19. The van der Waals surface area contributed by atoms with Gasteiger partial charge in [-0.2, -0.15) is 0 Å². The molecule has 0 N–H and O–H groups in total. The van der Waals surface area contributed by atoms with Gasteiger partial charge in [0.05, 0.1) is 0 Å². The first-order valence-corrected chi connectivity index (χ1v) is 3.78. The van der Waals surface area contributed by atoms with Crippen molar-refractivity contribution in [2.24, 2.45) is 0 Å². The van der Waals surface area contributed by atoms with Gasteiger partial charge in [0, 0.05) is 32.7 Å². The van der Waals surface area contributed by atoms with Crippen LogP contribution < -0.4 is 5.32 Å². The van der Waals surface area contributed by atoms with Gasteiger partial charge in [-0.3, -0.25) is 4.90 Å². The van der Waals surface area contributed by atoms with E-state index in [2.05, 4.69) is 10.2 Å². The molecule has 0 saturated carbocycles. The van der Waals surface area contributed by atoms with Gasteiger partial charge in [-0.15, -0.1) is 0 Å². The van der Waals surface area contributed by atoms with E-state index in [0.29, 0.717) is 6.54 Å². The number of hydrogen-bond donors (Lipinski definition) is 0. The molecule has 1 radical (unpaired) electrons. The highest BCUT2D eigenvalue weighted by molar-refractivity contribution is 4.68. The number of rotatable bonds is 2. The van der Waals surface area contributed by atoms with Crippen molar-refractivity contribution in [2.45, 2.75) is 13.1 Å². The van der Waals surface area contributed by atoms with Crippen LogP contribution in [0.2, 0.25) is 0 Å². The van der Waals surface area contributed by atoms with Crippen molar-refractivity contribution in [3.05, 3.63) is 0 Å². The highest BCUT2D eigenvalue weighted by atomic mass is 19.1. The molecule has 1 saturated heterocycles. The van der Waals surface area contributed by atoms with Gasteiger partial charge in [-0.1, -0.05) is 0 Å². The monoisotopic (exact) mass is 145 g/mol. The Morgan fingerprint density at radius 1 is 1.50 bits per heavy atom. The number of piperazine rings is 1. The summed E-state index contributed by atoms with van der Waals surface area (Å²) in [6.45, 7) is 5.82. The van der Waals surface area contributed by atoms with Gasteiger partial charge in [-0.05, 0) is 6.92 Å². The van der Waals surface area contributed by atoms with Crippen LogP contribution in [0.4, 0.5) is 4.39 Å². The van der Waals surface area contributed by atoms with E-state index in [-0.39, 0.29) is 0 Å². The zero-order valence-corrected chi connectivity index (χ0v) is 6.39. The summed E-state index contributed by atoms with van der Waals surface area (Å²) < 4.78 is 12.4. The molecule has 0 aromatic carbocycles. The van der Waals surface area contributed by atoms with Crippen molar-refractivity contribution in [3.63, 3.8) is 0 Å². The molecule has 1 unspecified atom stereocenters. The predicted octanol–water partition coefficient (Wildman–Crippen LogP) is 0.264. The van der Waals surface area contributed by atoms with E-state index in [1.54, 1.807) is 6.92 Å². The summed E-state index contributed by atoms with van der Waals surface area (Å²) in [7, 11) is 0. The van der Waals surface area contributed by atoms with Crippen LogP contribution in [0.1, 0.15) is 6.92 Å². The second-order valence-electron chi connectivity index (χ2n) is 2.75. The highest BCUT2D eigenvalue weighted by Crippen LogP contribution is 1.97. The molecule has 0 amide bonds. The van der Waals surface area contributed by atoms with Crippen molar-refractivity contribution in [3.8, 4) is 0 Å². The Bertz CT molecular complexity index is 89.6. The Morgan fingerprint density at radius 3 is 2.60 bits per heavy atom. The van der Waals surface area contributed by atoms with Crippen LogP contribution in [0.5, 0.6) is 0 Å². The maximum absolute atomic E-state index is 12.4. The number of nitrogens with zero attached hydrogens (tertiary/aromatic N) is 2. The number of halogens is 1. The van der Waals surface area contributed by atoms with Crippen molar-refractivity contribution < 1.29 is 4.39 Å². The summed E-state index contributed by atoms with van der Waals surface area (Å²) in [6.07, 6.45) is -0.696. The molecule has 1 aliphatic heterocycles. The topological polar surface area (TPSA) is 17.3 Å². The van der Waals surface area contributed by atoms with Crippen LogP contribution in [0, 0.1) is 0 Å². The summed E-state index contributed by atoms with van der Waals surface area (Å²) in [5.74, 6) is 0. The molecule has 1 fully saturated rings. The van der Waals surface area contributed by atoms with E-state index in [1.807, 2.05) is 0 Å². The molecule has 3 heteroatoms. The second kappa shape index (κ2) is 3.88. The van der Waals surface area contributed by atoms with Gasteiger partial charge < -0.3 is 0 Å². The minimum atomic E-state index is -0.696. The van der Waals surface area contributed by atoms with Gasteiger partial charge in [0.2, 0.25) is 0 Å². The lowest BCUT2D eigenvalue weighted by Crippen LogP contribution is -2.42. The highest BCUT2D eigenvalue weighted by Gasteiger charge is 2.12. The number of hydrogen-bond acceptors (Lipinski definition) is 1. The second-order valence-corrected chi connectivity index (χ2v) is 2.75. The fraction of sp³-hybridized carbons (Fsp3) is 1.00. The Hall–Kier alpha value is -0.150. The van der Waals surface area contributed by atoms with Gasteiger partial charge in [0.15, 0.2) is 0 Å². The van der Waals surface area contributed by atoms with Crippen molar-refractivity contribution in [2.75, 3.05) is 32.7 Å². The third-order valence-corrected chi connectivity index (χ3v) is 1.66. The molecule has 0 aromatic rings. The zero-order valence-electron chi connectivity index (χ0n) is 6.39. The van der Waals surface area contributed by atoms with E-state index >= 15 is 0 Å². The van der Waals surface area contributed by atoms with Crippen molar-refractivity contribution >= 4 is 0 Å². The van der Waals surface area contributed by atoms with Crippen molar-refractivity contribution in [1.82, 2.24) is 10.2 Å². The lowest BCUT2D eigenvalue weighted by atomic mass is 10.3. The molecule has 1 rings (SSSR count). The summed E-state index contributed by atoms with van der Waals surface area (Å²) >= 11 is 0. The van der Waals surface area contributed by atoms with E-state index < -0.39 is 6.17 Å². The maximum Gasteiger partial charge on any atom is 0.110 e. The minimum Gasteiger partial charge on any atom is -0.298 e. The first kappa shape index (κ1) is 7.95. The lowest BCUT2D eigenvalue weighted by molar-refractivity contribution is 0.182. The molecular weight excluding hydrogens is 131 g/mol. The van der Waals surface area contributed by atoms with E-state index in [0.717, 1.165) is 26.2 Å². The standard InChI is InChI=1S/C7H14FN2/c1-7(8)6-10-4-2-9-3-5-10/h7H,2-6H2,1H3. The first-order valence-electron chi connectivity index (χ1n) is 3.78. The fourth-order valence-corrected chi connectivity index (χ4v) is 1.19. The molecule has 59 valence electrons. The molecular formula is C7H14FN2. The Kier molecular flexibility index (Phi) is 3.09. The molecule has 0 bridgehead atoms. The molecule has 1 heterocycles. The third kappa shape index (κ3) is 2.62.